The molecule has 4 atom stereocenters. The van der Waals surface area contributed by atoms with Gasteiger partial charge in [0.2, 0.25) is 21.3 Å². The van der Waals surface area contributed by atoms with Crippen LogP contribution in [0.2, 0.25) is 0 Å². The summed E-state index contributed by atoms with van der Waals surface area (Å²) in [6.07, 6.45) is 7.78. The van der Waals surface area contributed by atoms with E-state index in [-0.39, 0.29) is 23.0 Å². The Morgan fingerprint density at radius 2 is 2.17 bits per heavy atom. The summed E-state index contributed by atoms with van der Waals surface area (Å²) in [5.74, 6) is -2.03. The van der Waals surface area contributed by atoms with E-state index in [0.717, 1.165) is 11.2 Å². The van der Waals surface area contributed by atoms with Crippen LogP contribution in [0.15, 0.2) is 47.1 Å². The third-order valence-electron chi connectivity index (χ3n) is 4.71. The second kappa shape index (κ2) is 8.61. The molecule has 1 saturated heterocycles. The van der Waals surface area contributed by atoms with Crippen LogP contribution in [-0.4, -0.2) is 66.2 Å². The third-order valence-corrected chi connectivity index (χ3v) is 8.47. The highest BCUT2D eigenvalue weighted by Gasteiger charge is 2.52. The minimum atomic E-state index is -3.40. The van der Waals surface area contributed by atoms with Crippen LogP contribution < -0.4 is 15.1 Å². The van der Waals surface area contributed by atoms with Gasteiger partial charge in [-0.05, 0) is 23.3 Å². The first-order valence-corrected chi connectivity index (χ1v) is 13.5. The number of carboxylic acid groups (broad SMARTS) is 1. The maximum absolute atomic E-state index is 12.5. The van der Waals surface area contributed by atoms with Gasteiger partial charge >= 0.3 is 0 Å². The molecule has 0 radical (unpaired) electrons. The molecule has 3 rings (SSSR count). The SMILES string of the molecule is C=CC1=C(C(=O)[O-])N2C(=O)C(NC(=O)CC3=CC(NS(C)(=O)=O)[S+](C)C=C3)[C@H]2SC1. The molecule has 162 valence electrons. The van der Waals surface area contributed by atoms with Gasteiger partial charge in [0.05, 0.1) is 24.3 Å². The topological polar surface area (TPSA) is 136 Å². The second-order valence-electron chi connectivity index (χ2n) is 6.96. The summed E-state index contributed by atoms with van der Waals surface area (Å²) in [5.41, 5.74) is 0.835. The number of fused-ring (bicyclic) bond motifs is 1. The quantitative estimate of drug-likeness (QED) is 0.342. The molecule has 0 aromatic carbocycles. The zero-order chi connectivity index (χ0) is 22.2. The van der Waals surface area contributed by atoms with E-state index in [1.807, 2.05) is 11.7 Å². The normalized spacial score (nSPS) is 28.4. The minimum Gasteiger partial charge on any atom is -0.543 e. The van der Waals surface area contributed by atoms with E-state index >= 15 is 0 Å². The molecule has 1 fully saturated rings. The Balaban J connectivity index is 1.65. The molecule has 12 heteroatoms. The monoisotopic (exact) mass is 471 g/mol. The highest BCUT2D eigenvalue weighted by molar-refractivity contribution is 8.00. The Morgan fingerprint density at radius 3 is 2.77 bits per heavy atom. The number of nitrogens with zero attached hydrogens (tertiary/aromatic N) is 1. The number of β-lactam (4-membered cyclic amide) rings is 1. The Kier molecular flexibility index (Phi) is 6.51. The van der Waals surface area contributed by atoms with Gasteiger partial charge in [0.1, 0.15) is 23.1 Å². The largest absolute Gasteiger partial charge is 0.543 e. The van der Waals surface area contributed by atoms with E-state index < -0.39 is 44.6 Å². The number of carbonyl (C=O) groups excluding carboxylic acids is 3. The van der Waals surface area contributed by atoms with Crippen molar-refractivity contribution >= 4 is 50.5 Å². The van der Waals surface area contributed by atoms with Crippen molar-refractivity contribution < 1.29 is 27.9 Å². The number of hydrogen-bond donors (Lipinski definition) is 2. The Hall–Kier alpha value is -2.02. The number of aliphatic carboxylic acids is 1. The fraction of sp³-hybridized carbons (Fsp3) is 0.389. The molecule has 2 amide bonds. The second-order valence-corrected chi connectivity index (χ2v) is 11.8. The van der Waals surface area contributed by atoms with E-state index in [0.29, 0.717) is 16.9 Å². The van der Waals surface area contributed by atoms with E-state index in [9.17, 15) is 27.9 Å². The lowest BCUT2D eigenvalue weighted by atomic mass is 10.0. The summed E-state index contributed by atoms with van der Waals surface area (Å²) >= 11 is 1.34. The van der Waals surface area contributed by atoms with Crippen LogP contribution in [-0.2, 0) is 35.3 Å². The maximum Gasteiger partial charge on any atom is 0.253 e. The average Bonchev–Trinajstić information content (AvgIpc) is 2.66. The number of sulfonamides is 1. The molecule has 3 unspecified atom stereocenters. The van der Waals surface area contributed by atoms with Crippen molar-refractivity contribution in [2.24, 2.45) is 0 Å². The molecular formula is C18H21N3O6S3. The minimum absolute atomic E-state index is 0.0299. The van der Waals surface area contributed by atoms with Crippen LogP contribution in [0, 0.1) is 0 Å². The molecule has 3 aliphatic heterocycles. The van der Waals surface area contributed by atoms with E-state index in [2.05, 4.69) is 16.6 Å². The number of nitrogens with one attached hydrogen (secondary N) is 2. The molecule has 9 nitrogen and oxygen atoms in total. The molecule has 0 saturated carbocycles. The average molecular weight is 472 g/mol. The van der Waals surface area contributed by atoms with Gasteiger partial charge in [-0.3, -0.25) is 14.5 Å². The summed E-state index contributed by atoms with van der Waals surface area (Å²) in [7, 11) is -3.75. The Labute approximate surface area is 181 Å². The lowest BCUT2D eigenvalue weighted by molar-refractivity contribution is -0.301. The molecule has 0 spiro atoms. The highest BCUT2D eigenvalue weighted by atomic mass is 32.2. The summed E-state index contributed by atoms with van der Waals surface area (Å²) < 4.78 is 25.6. The highest BCUT2D eigenvalue weighted by Crippen LogP contribution is 2.40. The van der Waals surface area contributed by atoms with Crippen molar-refractivity contribution in [3.8, 4) is 0 Å². The lowest BCUT2D eigenvalue weighted by Crippen LogP contribution is -2.71. The fourth-order valence-electron chi connectivity index (χ4n) is 3.27. The van der Waals surface area contributed by atoms with Crippen molar-refractivity contribution in [1.29, 1.82) is 0 Å². The number of carbonyl (C=O) groups is 3. The van der Waals surface area contributed by atoms with Gasteiger partial charge in [-0.2, -0.15) is 4.72 Å². The molecule has 30 heavy (non-hydrogen) atoms. The maximum atomic E-state index is 12.5. The predicted molar refractivity (Wildman–Crippen MR) is 114 cm³/mol. The van der Waals surface area contributed by atoms with Crippen LogP contribution in [0.1, 0.15) is 6.42 Å². The van der Waals surface area contributed by atoms with Gasteiger partial charge in [0, 0.05) is 16.6 Å². The summed E-state index contributed by atoms with van der Waals surface area (Å²) in [6, 6.07) is -0.831. The number of thioether (sulfide) groups is 1. The van der Waals surface area contributed by atoms with Gasteiger partial charge in [-0.15, -0.1) is 11.8 Å². The van der Waals surface area contributed by atoms with Crippen LogP contribution in [0.25, 0.3) is 0 Å². The van der Waals surface area contributed by atoms with Crippen LogP contribution >= 0.6 is 11.8 Å². The number of hydrogen-bond acceptors (Lipinski definition) is 7. The number of carboxylic acids is 1. The van der Waals surface area contributed by atoms with Crippen molar-refractivity contribution in [3.63, 3.8) is 0 Å². The van der Waals surface area contributed by atoms with Crippen LogP contribution in [0.3, 0.4) is 0 Å². The molecule has 0 aliphatic carbocycles. The summed E-state index contributed by atoms with van der Waals surface area (Å²) in [5, 5.41) is 15.0. The first kappa shape index (κ1) is 22.7. The van der Waals surface area contributed by atoms with E-state index in [4.69, 9.17) is 0 Å². The zero-order valence-electron chi connectivity index (χ0n) is 16.3. The van der Waals surface area contributed by atoms with Crippen LogP contribution in [0.5, 0.6) is 0 Å². The smallest absolute Gasteiger partial charge is 0.253 e. The molecule has 2 N–H and O–H groups in total. The number of rotatable bonds is 7. The van der Waals surface area contributed by atoms with Crippen molar-refractivity contribution in [2.45, 2.75) is 23.2 Å². The van der Waals surface area contributed by atoms with Crippen molar-refractivity contribution in [3.05, 3.63) is 47.1 Å². The number of amides is 2. The predicted octanol–water partition coefficient (Wildman–Crippen LogP) is -1.46. The standard InChI is InChI=1S/C18H21N3O6S3/c1-4-11-9-28-17-14(16(23)21(17)15(11)18(24)25)19-12(22)7-10-5-6-29(2)13(8-10)20-30(3,26)27/h4-6,8,13-14,17,20H,1,7,9H2,2-3H3,(H-,19,22,24,25)/t13?,14?,17-,29?/m1/s1. The van der Waals surface area contributed by atoms with Gasteiger partial charge in [0.15, 0.2) is 0 Å². The van der Waals surface area contributed by atoms with Gasteiger partial charge in [-0.25, -0.2) is 8.42 Å². The van der Waals surface area contributed by atoms with Gasteiger partial charge < -0.3 is 15.2 Å². The van der Waals surface area contributed by atoms with Crippen molar-refractivity contribution in [1.82, 2.24) is 14.9 Å². The molecule has 0 bridgehead atoms. The Morgan fingerprint density at radius 1 is 1.47 bits per heavy atom. The third kappa shape index (κ3) is 4.66. The molecule has 0 aromatic heterocycles. The van der Waals surface area contributed by atoms with Crippen LogP contribution in [0.4, 0.5) is 0 Å². The van der Waals surface area contributed by atoms with E-state index in [1.165, 1.54) is 17.8 Å². The Bertz CT molecular complexity index is 1000. The van der Waals surface area contributed by atoms with Crippen molar-refractivity contribution in [2.75, 3.05) is 18.3 Å². The molecular weight excluding hydrogens is 450 g/mol. The van der Waals surface area contributed by atoms with Gasteiger partial charge in [0.25, 0.3) is 5.91 Å². The lowest BCUT2D eigenvalue weighted by Gasteiger charge is -2.50. The molecule has 0 aromatic rings. The first-order chi connectivity index (χ1) is 14.0. The van der Waals surface area contributed by atoms with Gasteiger partial charge in [-0.1, -0.05) is 12.7 Å². The number of allylic oxidation sites excluding steroid dienone is 2. The van der Waals surface area contributed by atoms with E-state index in [1.54, 1.807) is 12.2 Å². The fourth-order valence-corrected chi connectivity index (χ4v) is 7.18. The molecule has 3 heterocycles. The molecule has 3 aliphatic rings. The zero-order valence-corrected chi connectivity index (χ0v) is 18.7. The summed E-state index contributed by atoms with van der Waals surface area (Å²) in [6.45, 7) is 3.57. The first-order valence-electron chi connectivity index (χ1n) is 8.82. The summed E-state index contributed by atoms with van der Waals surface area (Å²) in [4.78, 5) is 37.5.